The second kappa shape index (κ2) is 8.20. The Kier molecular flexibility index (Phi) is 5.32. The largest absolute Gasteiger partial charge is 0.335 e. The lowest BCUT2D eigenvalue weighted by Gasteiger charge is -2.35. The third-order valence-corrected chi connectivity index (χ3v) is 5.21. The molecule has 27 heavy (non-hydrogen) atoms. The zero-order valence-corrected chi connectivity index (χ0v) is 15.4. The molecule has 0 spiro atoms. The van der Waals surface area contributed by atoms with Crippen LogP contribution in [0.15, 0.2) is 61.2 Å². The first-order valence-corrected chi connectivity index (χ1v) is 9.64. The first-order valence-electron chi connectivity index (χ1n) is 9.64. The highest BCUT2D eigenvalue weighted by Gasteiger charge is 2.28. The average molecular weight is 363 g/mol. The molecular formula is C21H25N5O. The van der Waals surface area contributed by atoms with Crippen LogP contribution in [-0.4, -0.2) is 43.0 Å². The van der Waals surface area contributed by atoms with Crippen molar-refractivity contribution < 1.29 is 4.79 Å². The van der Waals surface area contributed by atoms with Gasteiger partial charge in [-0.25, -0.2) is 0 Å². The van der Waals surface area contributed by atoms with E-state index < -0.39 is 0 Å². The number of amides is 1. The van der Waals surface area contributed by atoms with Crippen LogP contribution >= 0.6 is 0 Å². The van der Waals surface area contributed by atoms with Crippen molar-refractivity contribution in [2.75, 3.05) is 6.54 Å². The minimum absolute atomic E-state index is 0.0967. The fourth-order valence-electron chi connectivity index (χ4n) is 3.78. The molecule has 3 aromatic rings. The Bertz CT molecular complexity index is 856. The maximum Gasteiger partial charge on any atom is 0.257 e. The number of carbonyl (C=O) groups excluding carboxylic acids is 1. The van der Waals surface area contributed by atoms with Gasteiger partial charge in [0.2, 0.25) is 0 Å². The normalized spacial score (nSPS) is 17.2. The summed E-state index contributed by atoms with van der Waals surface area (Å²) < 4.78 is 3.78. The summed E-state index contributed by atoms with van der Waals surface area (Å²) in [7, 11) is 0. The molecule has 6 heteroatoms. The van der Waals surface area contributed by atoms with Gasteiger partial charge < -0.3 is 4.90 Å². The highest BCUT2D eigenvalue weighted by atomic mass is 16.2. The molecule has 0 unspecified atom stereocenters. The lowest BCUT2D eigenvalue weighted by atomic mass is 9.98. The number of carbonyl (C=O) groups is 1. The van der Waals surface area contributed by atoms with Gasteiger partial charge in [-0.3, -0.25) is 14.2 Å². The quantitative estimate of drug-likeness (QED) is 0.676. The second-order valence-corrected chi connectivity index (χ2v) is 7.12. The molecule has 140 valence electrons. The first kappa shape index (κ1) is 17.5. The summed E-state index contributed by atoms with van der Waals surface area (Å²) in [5.74, 6) is 0.0967. The molecule has 1 amide bonds. The summed E-state index contributed by atoms with van der Waals surface area (Å²) in [5.41, 5.74) is 1.85. The van der Waals surface area contributed by atoms with Gasteiger partial charge in [-0.05, 0) is 37.3 Å². The molecule has 1 fully saturated rings. The molecule has 1 aromatic carbocycles. The van der Waals surface area contributed by atoms with E-state index in [-0.39, 0.29) is 11.9 Å². The van der Waals surface area contributed by atoms with Crippen molar-refractivity contribution in [2.24, 2.45) is 0 Å². The van der Waals surface area contributed by atoms with E-state index in [1.807, 2.05) is 50.9 Å². The Balaban J connectivity index is 1.42. The van der Waals surface area contributed by atoms with Crippen molar-refractivity contribution >= 4 is 5.91 Å². The summed E-state index contributed by atoms with van der Waals surface area (Å²) in [6.07, 6.45) is 11.6. The van der Waals surface area contributed by atoms with Crippen LogP contribution in [0.2, 0.25) is 0 Å². The van der Waals surface area contributed by atoms with Gasteiger partial charge in [0, 0.05) is 37.7 Å². The molecule has 1 aliphatic rings. The van der Waals surface area contributed by atoms with Gasteiger partial charge >= 0.3 is 0 Å². The third-order valence-electron chi connectivity index (χ3n) is 5.21. The van der Waals surface area contributed by atoms with Crippen molar-refractivity contribution in [3.05, 3.63) is 72.3 Å². The zero-order valence-electron chi connectivity index (χ0n) is 15.4. The van der Waals surface area contributed by atoms with Crippen LogP contribution in [0.3, 0.4) is 0 Å². The van der Waals surface area contributed by atoms with E-state index in [0.29, 0.717) is 12.1 Å². The summed E-state index contributed by atoms with van der Waals surface area (Å²) >= 11 is 0. The predicted molar refractivity (Wildman–Crippen MR) is 103 cm³/mol. The fourth-order valence-corrected chi connectivity index (χ4v) is 3.78. The predicted octanol–water partition coefficient (Wildman–Crippen LogP) is 3.21. The molecule has 1 aliphatic heterocycles. The monoisotopic (exact) mass is 363 g/mol. The molecule has 0 bridgehead atoms. The van der Waals surface area contributed by atoms with E-state index >= 15 is 0 Å². The van der Waals surface area contributed by atoms with Gasteiger partial charge in [-0.1, -0.05) is 30.3 Å². The molecule has 1 atom stereocenters. The number of nitrogens with zero attached hydrogens (tertiary/aromatic N) is 5. The average Bonchev–Trinajstić information content (AvgIpc) is 3.39. The highest BCUT2D eigenvalue weighted by Crippen LogP contribution is 2.22. The third kappa shape index (κ3) is 4.27. The van der Waals surface area contributed by atoms with Gasteiger partial charge in [0.15, 0.2) is 0 Å². The van der Waals surface area contributed by atoms with E-state index in [9.17, 15) is 4.79 Å². The topological polar surface area (TPSA) is 56.0 Å². The van der Waals surface area contributed by atoms with Crippen LogP contribution in [0.1, 0.15) is 41.6 Å². The van der Waals surface area contributed by atoms with Crippen molar-refractivity contribution in [3.63, 3.8) is 0 Å². The van der Waals surface area contributed by atoms with Crippen molar-refractivity contribution in [1.82, 2.24) is 24.5 Å². The Morgan fingerprint density at radius 1 is 1.07 bits per heavy atom. The van der Waals surface area contributed by atoms with Gasteiger partial charge in [-0.2, -0.15) is 10.2 Å². The lowest BCUT2D eigenvalue weighted by Crippen LogP contribution is -2.44. The molecule has 0 aliphatic carbocycles. The number of piperidine rings is 1. The van der Waals surface area contributed by atoms with Gasteiger partial charge in [0.05, 0.1) is 18.3 Å². The number of aryl methyl sites for hydroxylation is 1. The lowest BCUT2D eigenvalue weighted by molar-refractivity contribution is 0.0594. The van der Waals surface area contributed by atoms with Crippen LogP contribution in [0.4, 0.5) is 0 Å². The number of rotatable bonds is 6. The minimum atomic E-state index is 0.0967. The van der Waals surface area contributed by atoms with E-state index in [1.54, 1.807) is 12.4 Å². The van der Waals surface area contributed by atoms with Crippen molar-refractivity contribution in [2.45, 2.75) is 44.8 Å². The van der Waals surface area contributed by atoms with Crippen LogP contribution in [0.25, 0.3) is 0 Å². The van der Waals surface area contributed by atoms with Crippen molar-refractivity contribution in [1.29, 1.82) is 0 Å². The Morgan fingerprint density at radius 3 is 2.78 bits per heavy atom. The van der Waals surface area contributed by atoms with E-state index in [2.05, 4.69) is 22.3 Å². The number of aromatic nitrogens is 4. The minimum Gasteiger partial charge on any atom is -0.335 e. The van der Waals surface area contributed by atoms with Gasteiger partial charge in [0.25, 0.3) is 5.91 Å². The highest BCUT2D eigenvalue weighted by molar-refractivity contribution is 5.94. The molecule has 0 saturated carbocycles. The molecule has 2 aromatic heterocycles. The summed E-state index contributed by atoms with van der Waals surface area (Å²) in [4.78, 5) is 15.1. The fraction of sp³-hybridized carbons (Fsp3) is 0.381. The molecular weight excluding hydrogens is 338 g/mol. The molecule has 3 heterocycles. The Hall–Kier alpha value is -2.89. The van der Waals surface area contributed by atoms with E-state index in [1.165, 1.54) is 12.0 Å². The number of hydrogen-bond donors (Lipinski definition) is 0. The number of benzene rings is 1. The molecule has 0 N–H and O–H groups in total. The summed E-state index contributed by atoms with van der Waals surface area (Å²) in [5, 5.41) is 8.67. The standard InChI is InChI=1S/C21H25N5O/c27-21(19-15-23-25(17-19)16-18-7-2-1-3-8-18)26-13-5-4-9-20(26)10-14-24-12-6-11-22-24/h1-3,6-8,11-12,15,17,20H,4-5,9-10,13-14,16H2/t20-/m0/s1. The Morgan fingerprint density at radius 2 is 1.96 bits per heavy atom. The van der Waals surface area contributed by atoms with Crippen LogP contribution in [0, 0.1) is 0 Å². The Labute approximate surface area is 159 Å². The number of likely N-dealkylation sites (tertiary alicyclic amines) is 1. The molecule has 4 rings (SSSR count). The van der Waals surface area contributed by atoms with Crippen LogP contribution in [-0.2, 0) is 13.1 Å². The molecule has 6 nitrogen and oxygen atoms in total. The smallest absolute Gasteiger partial charge is 0.257 e. The number of hydrogen-bond acceptors (Lipinski definition) is 3. The maximum atomic E-state index is 13.1. The second-order valence-electron chi connectivity index (χ2n) is 7.12. The van der Waals surface area contributed by atoms with Crippen molar-refractivity contribution in [3.8, 4) is 0 Å². The van der Waals surface area contributed by atoms with Crippen LogP contribution in [0.5, 0.6) is 0 Å². The van der Waals surface area contributed by atoms with E-state index in [4.69, 9.17) is 0 Å². The van der Waals surface area contributed by atoms with Crippen LogP contribution < -0.4 is 0 Å². The molecule has 0 radical (unpaired) electrons. The first-order chi connectivity index (χ1) is 13.3. The summed E-state index contributed by atoms with van der Waals surface area (Å²) in [6.45, 7) is 2.35. The summed E-state index contributed by atoms with van der Waals surface area (Å²) in [6, 6.07) is 12.4. The molecule has 1 saturated heterocycles. The van der Waals surface area contributed by atoms with Gasteiger partial charge in [-0.15, -0.1) is 0 Å². The SMILES string of the molecule is O=C(c1cnn(Cc2ccccc2)c1)N1CCCC[C@H]1CCn1cccn1. The van der Waals surface area contributed by atoms with Gasteiger partial charge in [0.1, 0.15) is 0 Å². The maximum absolute atomic E-state index is 13.1. The zero-order chi connectivity index (χ0) is 18.5. The van der Waals surface area contributed by atoms with E-state index in [0.717, 1.165) is 32.4 Å².